The molecule has 0 fully saturated rings. The van der Waals surface area contributed by atoms with Crippen LogP contribution < -0.4 is 22.5 Å². The van der Waals surface area contributed by atoms with Crippen molar-refractivity contribution >= 4 is 23.2 Å². The molecule has 0 radical (unpaired) electrons. The SMILES string of the molecule is NC(=O)CCNC(=O)c1cc(N)cc(N)c1. The fraction of sp³-hybridized carbons (Fsp3) is 0.200. The zero-order chi connectivity index (χ0) is 12.1. The molecule has 7 N–H and O–H groups in total. The molecular weight excluding hydrogens is 208 g/mol. The van der Waals surface area contributed by atoms with Crippen molar-refractivity contribution in [1.82, 2.24) is 5.32 Å². The van der Waals surface area contributed by atoms with Crippen LogP contribution in [-0.4, -0.2) is 18.4 Å². The molecule has 0 saturated carbocycles. The second-order valence-electron chi connectivity index (χ2n) is 3.36. The predicted octanol–water partition coefficient (Wildman–Crippen LogP) is -0.544. The minimum absolute atomic E-state index is 0.101. The van der Waals surface area contributed by atoms with E-state index in [1.54, 1.807) is 6.07 Å². The summed E-state index contributed by atoms with van der Waals surface area (Å²) >= 11 is 0. The number of amides is 2. The van der Waals surface area contributed by atoms with E-state index in [0.29, 0.717) is 16.9 Å². The third kappa shape index (κ3) is 3.49. The Balaban J connectivity index is 2.62. The molecule has 0 heterocycles. The number of hydrogen-bond acceptors (Lipinski definition) is 4. The number of benzene rings is 1. The number of rotatable bonds is 4. The number of primary amides is 1. The number of nitrogens with one attached hydrogen (secondary N) is 1. The van der Waals surface area contributed by atoms with Gasteiger partial charge in [0.05, 0.1) is 0 Å². The lowest BCUT2D eigenvalue weighted by atomic mass is 10.1. The molecule has 1 aromatic rings. The summed E-state index contributed by atoms with van der Waals surface area (Å²) in [6.07, 6.45) is 0.101. The van der Waals surface area contributed by atoms with Gasteiger partial charge in [0.2, 0.25) is 5.91 Å². The number of carbonyl (C=O) groups is 2. The standard InChI is InChI=1S/C10H14N4O2/c11-7-3-6(4-8(12)5-7)10(16)14-2-1-9(13)15/h3-5H,1-2,11-12H2,(H2,13,15)(H,14,16). The van der Waals surface area contributed by atoms with Gasteiger partial charge in [-0.2, -0.15) is 0 Å². The largest absolute Gasteiger partial charge is 0.399 e. The van der Waals surface area contributed by atoms with Crippen molar-refractivity contribution in [2.45, 2.75) is 6.42 Å². The summed E-state index contributed by atoms with van der Waals surface area (Å²) in [6, 6.07) is 4.58. The summed E-state index contributed by atoms with van der Waals surface area (Å²) in [5, 5.41) is 2.53. The predicted molar refractivity (Wildman–Crippen MR) is 61.4 cm³/mol. The number of hydrogen-bond donors (Lipinski definition) is 4. The maximum atomic E-state index is 11.6. The van der Waals surface area contributed by atoms with E-state index < -0.39 is 5.91 Å². The highest BCUT2D eigenvalue weighted by Gasteiger charge is 2.06. The van der Waals surface area contributed by atoms with E-state index in [1.165, 1.54) is 12.1 Å². The molecule has 0 saturated heterocycles. The summed E-state index contributed by atoms with van der Waals surface area (Å²) in [7, 11) is 0. The minimum atomic E-state index is -0.465. The van der Waals surface area contributed by atoms with E-state index in [9.17, 15) is 9.59 Å². The molecule has 0 aromatic heterocycles. The first-order valence-corrected chi connectivity index (χ1v) is 4.71. The van der Waals surface area contributed by atoms with Crippen molar-refractivity contribution in [3.8, 4) is 0 Å². The van der Waals surface area contributed by atoms with Crippen LogP contribution in [0.5, 0.6) is 0 Å². The summed E-state index contributed by atoms with van der Waals surface area (Å²) in [4.78, 5) is 22.0. The van der Waals surface area contributed by atoms with Gasteiger partial charge in [-0.3, -0.25) is 9.59 Å². The van der Waals surface area contributed by atoms with Crippen molar-refractivity contribution in [3.63, 3.8) is 0 Å². The molecule has 2 amide bonds. The molecule has 1 rings (SSSR count). The average Bonchev–Trinajstić information content (AvgIpc) is 2.15. The third-order valence-electron chi connectivity index (χ3n) is 1.90. The second kappa shape index (κ2) is 5.01. The summed E-state index contributed by atoms with van der Waals surface area (Å²) in [5.74, 6) is -0.798. The maximum absolute atomic E-state index is 11.6. The van der Waals surface area contributed by atoms with Crippen LogP contribution in [0.2, 0.25) is 0 Å². The summed E-state index contributed by atoms with van der Waals surface area (Å²) < 4.78 is 0. The molecule has 0 bridgehead atoms. The smallest absolute Gasteiger partial charge is 0.251 e. The molecule has 0 aliphatic heterocycles. The van der Waals surface area contributed by atoms with E-state index in [2.05, 4.69) is 5.32 Å². The molecule has 0 atom stereocenters. The van der Waals surface area contributed by atoms with E-state index in [4.69, 9.17) is 17.2 Å². The lowest BCUT2D eigenvalue weighted by molar-refractivity contribution is -0.117. The van der Waals surface area contributed by atoms with Crippen LogP contribution in [-0.2, 0) is 4.79 Å². The molecule has 86 valence electrons. The normalized spacial score (nSPS) is 9.75. The summed E-state index contributed by atoms with van der Waals surface area (Å²) in [6.45, 7) is 0.197. The van der Waals surface area contributed by atoms with E-state index in [0.717, 1.165) is 0 Å². The Morgan fingerprint density at radius 2 is 1.69 bits per heavy atom. The molecule has 6 nitrogen and oxygen atoms in total. The highest BCUT2D eigenvalue weighted by molar-refractivity contribution is 5.96. The Hall–Kier alpha value is -2.24. The fourth-order valence-corrected chi connectivity index (χ4v) is 1.21. The lowest BCUT2D eigenvalue weighted by Gasteiger charge is -2.05. The van der Waals surface area contributed by atoms with Gasteiger partial charge < -0.3 is 22.5 Å². The van der Waals surface area contributed by atoms with E-state index in [-0.39, 0.29) is 18.9 Å². The van der Waals surface area contributed by atoms with E-state index >= 15 is 0 Å². The maximum Gasteiger partial charge on any atom is 0.251 e. The van der Waals surface area contributed by atoms with Crippen molar-refractivity contribution in [2.75, 3.05) is 18.0 Å². The highest BCUT2D eigenvalue weighted by atomic mass is 16.2. The Kier molecular flexibility index (Phi) is 3.71. The van der Waals surface area contributed by atoms with Crippen LogP contribution in [0, 0.1) is 0 Å². The van der Waals surface area contributed by atoms with Crippen LogP contribution in [0.3, 0.4) is 0 Å². The van der Waals surface area contributed by atoms with Gasteiger partial charge in [-0.25, -0.2) is 0 Å². The van der Waals surface area contributed by atoms with Crippen LogP contribution in [0.4, 0.5) is 11.4 Å². The van der Waals surface area contributed by atoms with Crippen molar-refractivity contribution in [3.05, 3.63) is 23.8 Å². The Bertz CT molecular complexity index is 397. The Morgan fingerprint density at radius 3 is 2.19 bits per heavy atom. The van der Waals surface area contributed by atoms with Gasteiger partial charge in [0, 0.05) is 29.9 Å². The molecule has 6 heteroatoms. The molecule has 0 unspecified atom stereocenters. The number of nitrogen functional groups attached to an aromatic ring is 2. The topological polar surface area (TPSA) is 124 Å². The third-order valence-corrected chi connectivity index (χ3v) is 1.90. The van der Waals surface area contributed by atoms with E-state index in [1.807, 2.05) is 0 Å². The van der Waals surface area contributed by atoms with Gasteiger partial charge in [0.25, 0.3) is 5.91 Å². The molecule has 0 spiro atoms. The van der Waals surface area contributed by atoms with Gasteiger partial charge >= 0.3 is 0 Å². The lowest BCUT2D eigenvalue weighted by Crippen LogP contribution is -2.28. The zero-order valence-corrected chi connectivity index (χ0v) is 8.69. The number of anilines is 2. The van der Waals surface area contributed by atoms with Crippen molar-refractivity contribution < 1.29 is 9.59 Å². The van der Waals surface area contributed by atoms with Gasteiger partial charge in [0.1, 0.15) is 0 Å². The number of carbonyl (C=O) groups excluding carboxylic acids is 2. The number of nitrogens with two attached hydrogens (primary N) is 3. The highest BCUT2D eigenvalue weighted by Crippen LogP contribution is 2.13. The van der Waals surface area contributed by atoms with Crippen LogP contribution in [0.1, 0.15) is 16.8 Å². The van der Waals surface area contributed by atoms with Crippen LogP contribution in [0.25, 0.3) is 0 Å². The first kappa shape index (κ1) is 11.8. The Labute approximate surface area is 92.8 Å². The van der Waals surface area contributed by atoms with Gasteiger partial charge in [-0.05, 0) is 18.2 Å². The Morgan fingerprint density at radius 1 is 1.12 bits per heavy atom. The van der Waals surface area contributed by atoms with Gasteiger partial charge in [-0.1, -0.05) is 0 Å². The first-order valence-electron chi connectivity index (χ1n) is 4.71. The first-order chi connectivity index (χ1) is 7.49. The molecule has 16 heavy (non-hydrogen) atoms. The second-order valence-corrected chi connectivity index (χ2v) is 3.36. The van der Waals surface area contributed by atoms with Gasteiger partial charge in [-0.15, -0.1) is 0 Å². The van der Waals surface area contributed by atoms with Crippen molar-refractivity contribution in [1.29, 1.82) is 0 Å². The molecule has 0 aliphatic carbocycles. The van der Waals surface area contributed by atoms with Crippen molar-refractivity contribution in [2.24, 2.45) is 5.73 Å². The van der Waals surface area contributed by atoms with Crippen LogP contribution >= 0.6 is 0 Å². The quantitative estimate of drug-likeness (QED) is 0.510. The molecule has 0 aliphatic rings. The van der Waals surface area contributed by atoms with Crippen LogP contribution in [0.15, 0.2) is 18.2 Å². The zero-order valence-electron chi connectivity index (χ0n) is 8.69. The molecule has 1 aromatic carbocycles. The monoisotopic (exact) mass is 222 g/mol. The molecular formula is C10H14N4O2. The minimum Gasteiger partial charge on any atom is -0.399 e. The fourth-order valence-electron chi connectivity index (χ4n) is 1.21. The average molecular weight is 222 g/mol. The summed E-state index contributed by atoms with van der Waals surface area (Å²) in [5.41, 5.74) is 17.2. The van der Waals surface area contributed by atoms with Gasteiger partial charge in [0.15, 0.2) is 0 Å².